The van der Waals surface area contributed by atoms with Crippen molar-refractivity contribution in [2.45, 2.75) is 39.5 Å². The van der Waals surface area contributed by atoms with Crippen LogP contribution in [-0.4, -0.2) is 71.8 Å². The summed E-state index contributed by atoms with van der Waals surface area (Å²) in [4.78, 5) is 25.7. The van der Waals surface area contributed by atoms with Crippen molar-refractivity contribution in [3.63, 3.8) is 0 Å². The van der Waals surface area contributed by atoms with Crippen molar-refractivity contribution in [3.8, 4) is 0 Å². The number of hydrogen-bond donors (Lipinski definition) is 3. The average Bonchev–Trinajstić information content (AvgIpc) is 3.09. The summed E-state index contributed by atoms with van der Waals surface area (Å²) in [6.07, 6.45) is -0.307. The lowest BCUT2D eigenvalue weighted by Gasteiger charge is -2.30. The molecule has 1 aromatic carbocycles. The van der Waals surface area contributed by atoms with E-state index >= 15 is 0 Å². The number of benzene rings is 1. The van der Waals surface area contributed by atoms with Gasteiger partial charge < -0.3 is 25.2 Å². The van der Waals surface area contributed by atoms with Crippen molar-refractivity contribution in [1.29, 1.82) is 0 Å². The molecule has 0 bridgehead atoms. The third kappa shape index (κ3) is 5.38. The van der Waals surface area contributed by atoms with Crippen LogP contribution in [0, 0.1) is 11.2 Å². The number of amides is 2. The van der Waals surface area contributed by atoms with Gasteiger partial charge in [-0.3, -0.25) is 14.3 Å². The molecule has 0 aliphatic carbocycles. The zero-order valence-corrected chi connectivity index (χ0v) is 18.0. The highest BCUT2D eigenvalue weighted by Gasteiger charge is 2.34. The molecule has 0 radical (unpaired) electrons. The van der Waals surface area contributed by atoms with Gasteiger partial charge in [-0.05, 0) is 11.5 Å². The lowest BCUT2D eigenvalue weighted by Crippen LogP contribution is -2.54. The van der Waals surface area contributed by atoms with Crippen LogP contribution in [0.3, 0.4) is 0 Å². The monoisotopic (exact) mass is 436 g/mol. The summed E-state index contributed by atoms with van der Waals surface area (Å²) < 4.78 is 27.1. The molecule has 0 saturated carbocycles. The summed E-state index contributed by atoms with van der Waals surface area (Å²) in [6.45, 7) is 6.83. The summed E-state index contributed by atoms with van der Waals surface area (Å²) in [6, 6.07) is 3.55. The zero-order valence-electron chi connectivity index (χ0n) is 18.0. The van der Waals surface area contributed by atoms with Gasteiger partial charge >= 0.3 is 0 Å². The van der Waals surface area contributed by atoms with Gasteiger partial charge in [0.2, 0.25) is 5.91 Å². The lowest BCUT2D eigenvalue weighted by atomic mass is 9.86. The fraction of sp³-hybridized carbons (Fsp3) is 0.571. The van der Waals surface area contributed by atoms with Gasteiger partial charge in [0.25, 0.3) is 5.91 Å². The molecule has 2 amide bonds. The van der Waals surface area contributed by atoms with E-state index in [2.05, 4.69) is 15.7 Å². The van der Waals surface area contributed by atoms with Gasteiger partial charge in [-0.25, -0.2) is 4.39 Å². The SMILES string of the molecule is CC(C)(C)[C@H](NC(=O)c1nn(C[C@@H]2COCCO2)c2c(F)cccc12)C(=O)NCCO. The van der Waals surface area contributed by atoms with Gasteiger partial charge in [0.15, 0.2) is 5.69 Å². The standard InChI is InChI=1S/C21H29FN4O5/c1-21(2,3)18(20(29)23-7-8-27)24-19(28)16-14-5-4-6-15(22)17(14)26(25-16)11-13-12-30-9-10-31-13/h4-6,13,18,27H,7-12H2,1-3H3,(H,23,29)(H,24,28)/t13-,18-/m1/s1. The molecular formula is C21H29FN4O5. The summed E-state index contributed by atoms with van der Waals surface area (Å²) in [5.41, 5.74) is -0.388. The van der Waals surface area contributed by atoms with Crippen molar-refractivity contribution in [1.82, 2.24) is 20.4 Å². The normalized spacial score (nSPS) is 18.0. The molecule has 1 aliphatic heterocycles. The number of carbonyl (C=O) groups is 2. The van der Waals surface area contributed by atoms with Gasteiger partial charge in [-0.15, -0.1) is 0 Å². The van der Waals surface area contributed by atoms with Gasteiger partial charge in [0, 0.05) is 11.9 Å². The van der Waals surface area contributed by atoms with E-state index in [-0.39, 0.29) is 37.0 Å². The topological polar surface area (TPSA) is 115 Å². The first-order chi connectivity index (χ1) is 14.7. The molecule has 1 aliphatic rings. The molecule has 1 aromatic heterocycles. The van der Waals surface area contributed by atoms with E-state index in [0.29, 0.717) is 25.2 Å². The Hall–Kier alpha value is -2.56. The molecular weight excluding hydrogens is 407 g/mol. The smallest absolute Gasteiger partial charge is 0.273 e. The fourth-order valence-electron chi connectivity index (χ4n) is 3.48. The van der Waals surface area contributed by atoms with Gasteiger partial charge in [0.1, 0.15) is 23.5 Å². The van der Waals surface area contributed by atoms with Crippen LogP contribution in [-0.2, 0) is 20.8 Å². The minimum atomic E-state index is -0.879. The zero-order chi connectivity index (χ0) is 22.6. The molecule has 2 atom stereocenters. The Morgan fingerprint density at radius 3 is 2.77 bits per heavy atom. The number of nitrogens with zero attached hydrogens (tertiary/aromatic N) is 2. The van der Waals surface area contributed by atoms with Crippen LogP contribution in [0.1, 0.15) is 31.3 Å². The molecule has 2 aromatic rings. The van der Waals surface area contributed by atoms with Gasteiger partial charge in [-0.2, -0.15) is 5.10 Å². The molecule has 170 valence electrons. The molecule has 0 spiro atoms. The predicted molar refractivity (Wildman–Crippen MR) is 111 cm³/mol. The maximum atomic E-state index is 14.6. The van der Waals surface area contributed by atoms with E-state index in [9.17, 15) is 14.0 Å². The summed E-state index contributed by atoms with van der Waals surface area (Å²) >= 11 is 0. The van der Waals surface area contributed by atoms with Crippen LogP contribution in [0.4, 0.5) is 4.39 Å². The lowest BCUT2D eigenvalue weighted by molar-refractivity contribution is -0.125. The first kappa shape index (κ1) is 23.1. The van der Waals surface area contributed by atoms with E-state index in [0.717, 1.165) is 0 Å². The summed E-state index contributed by atoms with van der Waals surface area (Å²) in [7, 11) is 0. The van der Waals surface area contributed by atoms with Crippen LogP contribution < -0.4 is 10.6 Å². The van der Waals surface area contributed by atoms with Crippen molar-refractivity contribution in [2.75, 3.05) is 33.0 Å². The van der Waals surface area contributed by atoms with Gasteiger partial charge in [0.05, 0.1) is 33.0 Å². The number of hydrogen-bond acceptors (Lipinski definition) is 6. The first-order valence-corrected chi connectivity index (χ1v) is 10.3. The largest absolute Gasteiger partial charge is 0.395 e. The third-order valence-corrected chi connectivity index (χ3v) is 5.01. The van der Waals surface area contributed by atoms with Crippen LogP contribution in [0.15, 0.2) is 18.2 Å². The van der Waals surface area contributed by atoms with Crippen molar-refractivity contribution in [3.05, 3.63) is 29.7 Å². The summed E-state index contributed by atoms with van der Waals surface area (Å²) in [5.74, 6) is -1.51. The molecule has 3 rings (SSSR count). The predicted octanol–water partition coefficient (Wildman–Crippen LogP) is 0.844. The van der Waals surface area contributed by atoms with E-state index in [1.54, 1.807) is 6.07 Å². The Kier molecular flexibility index (Phi) is 7.24. The van der Waals surface area contributed by atoms with Crippen LogP contribution in [0.5, 0.6) is 0 Å². The Labute approximate surface area is 179 Å². The van der Waals surface area contributed by atoms with E-state index in [4.69, 9.17) is 14.6 Å². The highest BCUT2D eigenvalue weighted by molar-refractivity contribution is 6.06. The van der Waals surface area contributed by atoms with E-state index in [1.165, 1.54) is 16.8 Å². The molecule has 9 nitrogen and oxygen atoms in total. The Morgan fingerprint density at radius 1 is 1.35 bits per heavy atom. The number of carbonyl (C=O) groups excluding carboxylic acids is 2. The number of ether oxygens (including phenoxy) is 2. The van der Waals surface area contributed by atoms with E-state index < -0.39 is 29.1 Å². The molecule has 3 N–H and O–H groups in total. The van der Waals surface area contributed by atoms with Crippen molar-refractivity contribution < 1.29 is 28.6 Å². The molecule has 1 saturated heterocycles. The number of para-hydroxylation sites is 1. The number of aliphatic hydroxyl groups excluding tert-OH is 1. The Morgan fingerprint density at radius 2 is 2.13 bits per heavy atom. The van der Waals surface area contributed by atoms with Crippen molar-refractivity contribution >= 4 is 22.7 Å². The molecule has 10 heteroatoms. The Bertz CT molecular complexity index is 934. The number of halogens is 1. The second kappa shape index (κ2) is 9.71. The second-order valence-corrected chi connectivity index (χ2v) is 8.52. The quantitative estimate of drug-likeness (QED) is 0.593. The van der Waals surface area contributed by atoms with Crippen molar-refractivity contribution in [2.24, 2.45) is 5.41 Å². The molecule has 0 unspecified atom stereocenters. The average molecular weight is 436 g/mol. The second-order valence-electron chi connectivity index (χ2n) is 8.52. The molecule has 2 heterocycles. The number of aromatic nitrogens is 2. The maximum absolute atomic E-state index is 14.6. The fourth-order valence-corrected chi connectivity index (χ4v) is 3.48. The Balaban J connectivity index is 1.90. The van der Waals surface area contributed by atoms with Gasteiger partial charge in [-0.1, -0.05) is 32.9 Å². The number of aliphatic hydroxyl groups is 1. The van der Waals surface area contributed by atoms with Crippen LogP contribution >= 0.6 is 0 Å². The maximum Gasteiger partial charge on any atom is 0.273 e. The number of nitrogens with one attached hydrogen (secondary N) is 2. The summed E-state index contributed by atoms with van der Waals surface area (Å²) in [5, 5.41) is 19.0. The number of fused-ring (bicyclic) bond motifs is 1. The molecule has 1 fully saturated rings. The first-order valence-electron chi connectivity index (χ1n) is 10.3. The number of rotatable bonds is 7. The minimum absolute atomic E-state index is 0.0236. The molecule has 31 heavy (non-hydrogen) atoms. The van der Waals surface area contributed by atoms with Crippen LogP contribution in [0.2, 0.25) is 0 Å². The highest BCUT2D eigenvalue weighted by atomic mass is 19.1. The van der Waals surface area contributed by atoms with Crippen LogP contribution in [0.25, 0.3) is 10.9 Å². The minimum Gasteiger partial charge on any atom is -0.395 e. The third-order valence-electron chi connectivity index (χ3n) is 5.01. The highest BCUT2D eigenvalue weighted by Crippen LogP contribution is 2.24. The van der Waals surface area contributed by atoms with E-state index in [1.807, 2.05) is 20.8 Å².